The van der Waals surface area contributed by atoms with Crippen LogP contribution >= 0.6 is 0 Å². The summed E-state index contributed by atoms with van der Waals surface area (Å²) < 4.78 is 61.0. The molecule has 2 fully saturated rings. The highest BCUT2D eigenvalue weighted by atomic mass is 32.2. The van der Waals surface area contributed by atoms with Gasteiger partial charge in [0, 0.05) is 105 Å². The minimum absolute atomic E-state index is 0.0246. The molecule has 2 aromatic carbocycles. The van der Waals surface area contributed by atoms with E-state index >= 15 is 0 Å². The van der Waals surface area contributed by atoms with Gasteiger partial charge in [0.25, 0.3) is 0 Å². The second kappa shape index (κ2) is 13.1. The van der Waals surface area contributed by atoms with Gasteiger partial charge in [-0.05, 0) is 57.0 Å². The smallest absolute Gasteiger partial charge is 0.243 e. The lowest BCUT2D eigenvalue weighted by atomic mass is 9.98. The van der Waals surface area contributed by atoms with Crippen LogP contribution in [0.25, 0.3) is 0 Å². The summed E-state index contributed by atoms with van der Waals surface area (Å²) in [6.45, 7) is 9.59. The van der Waals surface area contributed by atoms with Crippen molar-refractivity contribution < 1.29 is 26.7 Å². The molecule has 0 radical (unpaired) electrons. The maximum absolute atomic E-state index is 13.9. The van der Waals surface area contributed by atoms with Gasteiger partial charge in [-0.1, -0.05) is 0 Å². The standard InChI is InChI=1S/C32H40F2N6O4S/c1-21(2)38-9-11-39(12-10-38)25-3-4-27(30(18-25)35-24-6-13-44-14-7-24)32(41)19-31-28-20-40(8-5-29(28)36-37-31)45(42,43)26-16-22(33)15-23(34)17-26/h3-4,15-18,21,24,35H,5-14,19-20H2,1-2H3,(H,36,37). The minimum Gasteiger partial charge on any atom is -0.381 e. The summed E-state index contributed by atoms with van der Waals surface area (Å²) in [6.07, 6.45) is 2.00. The fraction of sp³-hybridized carbons (Fsp3) is 0.500. The van der Waals surface area contributed by atoms with E-state index in [2.05, 4.69) is 45.2 Å². The fourth-order valence-electron chi connectivity index (χ4n) is 6.40. The molecule has 45 heavy (non-hydrogen) atoms. The normalized spacial score (nSPS) is 18.7. The molecule has 3 aliphatic heterocycles. The second-order valence-corrected chi connectivity index (χ2v) is 14.2. The number of ketones is 1. The molecule has 242 valence electrons. The Hall–Kier alpha value is -3.39. The van der Waals surface area contributed by atoms with Crippen LogP contribution in [0.2, 0.25) is 0 Å². The van der Waals surface area contributed by atoms with Crippen molar-refractivity contribution in [1.82, 2.24) is 19.4 Å². The highest BCUT2D eigenvalue weighted by Crippen LogP contribution is 2.31. The molecular formula is C32H40F2N6O4S. The maximum Gasteiger partial charge on any atom is 0.243 e. The first-order valence-electron chi connectivity index (χ1n) is 15.6. The molecule has 0 saturated carbocycles. The first-order chi connectivity index (χ1) is 21.6. The lowest BCUT2D eigenvalue weighted by Gasteiger charge is -2.38. The molecule has 2 N–H and O–H groups in total. The molecule has 0 atom stereocenters. The zero-order valence-corrected chi connectivity index (χ0v) is 26.5. The number of aromatic amines is 1. The lowest BCUT2D eigenvalue weighted by Crippen LogP contribution is -2.48. The third-order valence-electron chi connectivity index (χ3n) is 9.08. The Kier molecular flexibility index (Phi) is 9.23. The van der Waals surface area contributed by atoms with E-state index in [1.807, 2.05) is 12.1 Å². The number of aromatic nitrogens is 2. The van der Waals surface area contributed by atoms with Crippen LogP contribution < -0.4 is 10.2 Å². The quantitative estimate of drug-likeness (QED) is 0.338. The summed E-state index contributed by atoms with van der Waals surface area (Å²) in [5.41, 5.74) is 4.23. The number of sulfonamides is 1. The Bertz CT molecular complexity index is 1630. The molecule has 3 aromatic rings. The summed E-state index contributed by atoms with van der Waals surface area (Å²) in [6, 6.07) is 8.90. The van der Waals surface area contributed by atoms with Crippen LogP contribution in [0, 0.1) is 11.6 Å². The summed E-state index contributed by atoms with van der Waals surface area (Å²) in [5, 5.41) is 11.0. The SMILES string of the molecule is CC(C)N1CCN(c2ccc(C(=O)Cc3n[nH]c4c3CN(S(=O)(=O)c3cc(F)cc(F)c3)CC4)c(NC3CCOCC3)c2)CC1. The highest BCUT2D eigenvalue weighted by molar-refractivity contribution is 7.89. The molecule has 3 aliphatic rings. The van der Waals surface area contributed by atoms with Crippen LogP contribution in [0.5, 0.6) is 0 Å². The molecular weight excluding hydrogens is 602 g/mol. The van der Waals surface area contributed by atoms with Crippen molar-refractivity contribution in [2.45, 2.75) is 63.1 Å². The van der Waals surface area contributed by atoms with Gasteiger partial charge in [0.1, 0.15) is 11.6 Å². The predicted molar refractivity (Wildman–Crippen MR) is 167 cm³/mol. The number of nitrogens with one attached hydrogen (secondary N) is 2. The number of Topliss-reactive ketones (excluding diaryl/α,β-unsaturated/α-hetero) is 1. The molecule has 2 saturated heterocycles. The number of piperazine rings is 1. The number of carbonyl (C=O) groups excluding carboxylic acids is 1. The van der Waals surface area contributed by atoms with Crippen molar-refractivity contribution in [2.24, 2.45) is 0 Å². The first kappa shape index (κ1) is 31.6. The Labute approximate surface area is 262 Å². The molecule has 10 nitrogen and oxygen atoms in total. The monoisotopic (exact) mass is 642 g/mol. The Balaban J connectivity index is 1.23. The van der Waals surface area contributed by atoms with E-state index in [-0.39, 0.29) is 31.3 Å². The second-order valence-electron chi connectivity index (χ2n) is 12.3. The highest BCUT2D eigenvalue weighted by Gasteiger charge is 2.32. The number of benzene rings is 2. The van der Waals surface area contributed by atoms with Crippen molar-refractivity contribution >= 4 is 27.2 Å². The number of hydrogen-bond donors (Lipinski definition) is 2. The Morgan fingerprint density at radius 2 is 1.76 bits per heavy atom. The average Bonchev–Trinajstić information content (AvgIpc) is 3.43. The molecule has 0 bridgehead atoms. The van der Waals surface area contributed by atoms with Gasteiger partial charge in [-0.15, -0.1) is 0 Å². The number of nitrogens with zero attached hydrogens (tertiary/aromatic N) is 4. The number of hydrogen-bond acceptors (Lipinski definition) is 8. The van der Waals surface area contributed by atoms with Crippen LogP contribution in [0.4, 0.5) is 20.2 Å². The number of rotatable bonds is 9. The fourth-order valence-corrected chi connectivity index (χ4v) is 7.86. The van der Waals surface area contributed by atoms with Gasteiger partial charge in [-0.25, -0.2) is 17.2 Å². The third-order valence-corrected chi connectivity index (χ3v) is 10.9. The van der Waals surface area contributed by atoms with Crippen molar-refractivity contribution in [1.29, 1.82) is 0 Å². The summed E-state index contributed by atoms with van der Waals surface area (Å²) in [5.74, 6) is -2.06. The topological polar surface area (TPSA) is 111 Å². The zero-order chi connectivity index (χ0) is 31.7. The van der Waals surface area contributed by atoms with Crippen LogP contribution in [0.1, 0.15) is 54.0 Å². The van der Waals surface area contributed by atoms with Gasteiger partial charge in [0.2, 0.25) is 10.0 Å². The van der Waals surface area contributed by atoms with Gasteiger partial charge in [-0.3, -0.25) is 14.8 Å². The minimum atomic E-state index is -4.17. The molecule has 1 aromatic heterocycles. The number of H-pyrrole nitrogens is 1. The van der Waals surface area contributed by atoms with Gasteiger partial charge in [0.15, 0.2) is 5.78 Å². The molecule has 0 amide bonds. The van der Waals surface area contributed by atoms with E-state index in [0.29, 0.717) is 48.6 Å². The molecule has 4 heterocycles. The van der Waals surface area contributed by atoms with Gasteiger partial charge in [0.05, 0.1) is 17.0 Å². The largest absolute Gasteiger partial charge is 0.381 e. The van der Waals surface area contributed by atoms with E-state index in [1.165, 1.54) is 4.31 Å². The van der Waals surface area contributed by atoms with E-state index in [9.17, 15) is 22.0 Å². The van der Waals surface area contributed by atoms with Crippen LogP contribution in [-0.2, 0) is 34.1 Å². The van der Waals surface area contributed by atoms with Crippen molar-refractivity contribution in [3.63, 3.8) is 0 Å². The molecule has 0 spiro atoms. The van der Waals surface area contributed by atoms with E-state index in [4.69, 9.17) is 4.74 Å². The lowest BCUT2D eigenvalue weighted by molar-refractivity contribution is 0.0904. The number of halogens is 2. The van der Waals surface area contributed by atoms with E-state index in [0.717, 1.165) is 68.2 Å². The van der Waals surface area contributed by atoms with Crippen molar-refractivity contribution in [3.05, 3.63) is 70.5 Å². The van der Waals surface area contributed by atoms with E-state index < -0.39 is 26.6 Å². The van der Waals surface area contributed by atoms with Crippen LogP contribution in [0.15, 0.2) is 41.3 Å². The predicted octanol–water partition coefficient (Wildman–Crippen LogP) is 3.98. The number of carbonyl (C=O) groups is 1. The Morgan fingerprint density at radius 1 is 1.04 bits per heavy atom. The third kappa shape index (κ3) is 6.91. The number of ether oxygens (including phenoxy) is 1. The molecule has 0 unspecified atom stereocenters. The van der Waals surface area contributed by atoms with Gasteiger partial charge < -0.3 is 15.0 Å². The van der Waals surface area contributed by atoms with Gasteiger partial charge in [-0.2, -0.15) is 9.40 Å². The molecule has 0 aliphatic carbocycles. The van der Waals surface area contributed by atoms with Crippen molar-refractivity contribution in [3.8, 4) is 0 Å². The summed E-state index contributed by atoms with van der Waals surface area (Å²) >= 11 is 0. The molecule has 6 rings (SSSR count). The van der Waals surface area contributed by atoms with Crippen molar-refractivity contribution in [2.75, 3.05) is 56.2 Å². The van der Waals surface area contributed by atoms with Crippen LogP contribution in [0.3, 0.4) is 0 Å². The van der Waals surface area contributed by atoms with Gasteiger partial charge >= 0.3 is 0 Å². The summed E-state index contributed by atoms with van der Waals surface area (Å²) in [7, 11) is -4.17. The average molecular weight is 643 g/mol. The molecule has 13 heteroatoms. The number of anilines is 2. The Morgan fingerprint density at radius 3 is 2.44 bits per heavy atom. The zero-order valence-electron chi connectivity index (χ0n) is 25.7. The first-order valence-corrected chi connectivity index (χ1v) is 17.0. The van der Waals surface area contributed by atoms with E-state index in [1.54, 1.807) is 0 Å². The summed E-state index contributed by atoms with van der Waals surface area (Å²) in [4.78, 5) is 18.3. The van der Waals surface area contributed by atoms with Crippen LogP contribution in [-0.4, -0.2) is 91.6 Å². The number of fused-ring (bicyclic) bond motifs is 1. The maximum atomic E-state index is 13.9.